The van der Waals surface area contributed by atoms with Gasteiger partial charge in [-0.1, -0.05) is 45.0 Å². The first-order chi connectivity index (χ1) is 9.71. The summed E-state index contributed by atoms with van der Waals surface area (Å²) in [5, 5.41) is 3.21. The number of hydrogen-bond donors (Lipinski definition) is 1. The zero-order valence-corrected chi connectivity index (χ0v) is 13.5. The molecule has 1 rings (SSSR count). The molecule has 0 aliphatic heterocycles. The van der Waals surface area contributed by atoms with Crippen LogP contribution in [0.15, 0.2) is 24.3 Å². The molecular weight excluding hydrogens is 248 g/mol. The van der Waals surface area contributed by atoms with Crippen LogP contribution < -0.4 is 5.32 Å². The highest BCUT2D eigenvalue weighted by Gasteiger charge is 2.04. The van der Waals surface area contributed by atoms with Crippen LogP contribution in [-0.4, -0.2) is 44.7 Å². The Morgan fingerprint density at radius 2 is 1.80 bits per heavy atom. The van der Waals surface area contributed by atoms with Crippen molar-refractivity contribution >= 4 is 0 Å². The van der Waals surface area contributed by atoms with Gasteiger partial charge >= 0.3 is 0 Å². The predicted octanol–water partition coefficient (Wildman–Crippen LogP) is 2.87. The molecule has 0 aromatic heterocycles. The fourth-order valence-corrected chi connectivity index (χ4v) is 2.29. The van der Waals surface area contributed by atoms with E-state index in [2.05, 4.69) is 55.3 Å². The quantitative estimate of drug-likeness (QED) is 0.666. The van der Waals surface area contributed by atoms with Crippen LogP contribution in [0.1, 0.15) is 37.8 Å². The SMILES string of the molecule is CCN(CC)CCOCc1ccc(C(C)CNC)cc1. The molecule has 3 nitrogen and oxygen atoms in total. The van der Waals surface area contributed by atoms with Crippen LogP contribution in [0.4, 0.5) is 0 Å². The van der Waals surface area contributed by atoms with Crippen LogP contribution in [0.5, 0.6) is 0 Å². The highest BCUT2D eigenvalue weighted by molar-refractivity contribution is 5.24. The molecule has 1 aromatic carbocycles. The second kappa shape index (κ2) is 9.92. The van der Waals surface area contributed by atoms with Gasteiger partial charge in [-0.2, -0.15) is 0 Å². The Kier molecular flexibility index (Phi) is 8.51. The maximum Gasteiger partial charge on any atom is 0.0717 e. The normalized spacial score (nSPS) is 12.8. The molecule has 0 radical (unpaired) electrons. The summed E-state index contributed by atoms with van der Waals surface area (Å²) >= 11 is 0. The number of nitrogens with zero attached hydrogens (tertiary/aromatic N) is 1. The van der Waals surface area contributed by atoms with Crippen molar-refractivity contribution in [3.63, 3.8) is 0 Å². The summed E-state index contributed by atoms with van der Waals surface area (Å²) in [6, 6.07) is 8.79. The van der Waals surface area contributed by atoms with Crippen molar-refractivity contribution in [1.29, 1.82) is 0 Å². The van der Waals surface area contributed by atoms with E-state index in [9.17, 15) is 0 Å². The van der Waals surface area contributed by atoms with E-state index >= 15 is 0 Å². The molecule has 0 fully saturated rings. The van der Waals surface area contributed by atoms with Crippen molar-refractivity contribution in [1.82, 2.24) is 10.2 Å². The molecule has 0 saturated heterocycles. The van der Waals surface area contributed by atoms with Gasteiger partial charge < -0.3 is 15.0 Å². The predicted molar refractivity (Wildman–Crippen MR) is 86.2 cm³/mol. The highest BCUT2D eigenvalue weighted by Crippen LogP contribution is 2.15. The zero-order chi connectivity index (χ0) is 14.8. The van der Waals surface area contributed by atoms with Gasteiger partial charge in [0.15, 0.2) is 0 Å². The number of nitrogens with one attached hydrogen (secondary N) is 1. The molecule has 0 aliphatic carbocycles. The van der Waals surface area contributed by atoms with Gasteiger partial charge in [-0.25, -0.2) is 0 Å². The minimum atomic E-state index is 0.553. The summed E-state index contributed by atoms with van der Waals surface area (Å²) in [5.74, 6) is 0.553. The molecule has 20 heavy (non-hydrogen) atoms. The van der Waals surface area contributed by atoms with Crippen LogP contribution in [-0.2, 0) is 11.3 Å². The molecule has 0 aliphatic rings. The Morgan fingerprint density at radius 1 is 1.15 bits per heavy atom. The van der Waals surface area contributed by atoms with Gasteiger partial charge in [0.2, 0.25) is 0 Å². The van der Waals surface area contributed by atoms with E-state index in [1.807, 2.05) is 7.05 Å². The molecule has 1 aromatic rings. The second-order valence-corrected chi connectivity index (χ2v) is 5.28. The van der Waals surface area contributed by atoms with E-state index in [1.165, 1.54) is 11.1 Å². The maximum absolute atomic E-state index is 5.75. The topological polar surface area (TPSA) is 24.5 Å². The van der Waals surface area contributed by atoms with Crippen molar-refractivity contribution in [3.05, 3.63) is 35.4 Å². The van der Waals surface area contributed by atoms with Crippen LogP contribution in [0.25, 0.3) is 0 Å². The Bertz CT molecular complexity index is 347. The number of likely N-dealkylation sites (N-methyl/N-ethyl adjacent to an activating group) is 2. The summed E-state index contributed by atoms with van der Waals surface area (Å²) in [7, 11) is 1.99. The Hall–Kier alpha value is -0.900. The monoisotopic (exact) mass is 278 g/mol. The zero-order valence-electron chi connectivity index (χ0n) is 13.5. The molecule has 0 spiro atoms. The number of hydrogen-bond acceptors (Lipinski definition) is 3. The lowest BCUT2D eigenvalue weighted by Crippen LogP contribution is -2.26. The standard InChI is InChI=1S/C17H30N2O/c1-5-19(6-2)11-12-20-14-16-7-9-17(10-8-16)15(3)13-18-4/h7-10,15,18H,5-6,11-14H2,1-4H3. The number of rotatable bonds is 10. The first kappa shape index (κ1) is 17.2. The van der Waals surface area contributed by atoms with Gasteiger partial charge in [-0.15, -0.1) is 0 Å². The summed E-state index contributed by atoms with van der Waals surface area (Å²) < 4.78 is 5.75. The molecule has 114 valence electrons. The Morgan fingerprint density at radius 3 is 2.35 bits per heavy atom. The van der Waals surface area contributed by atoms with Crippen LogP contribution in [0, 0.1) is 0 Å². The van der Waals surface area contributed by atoms with Gasteiger partial charge in [-0.05, 0) is 37.2 Å². The van der Waals surface area contributed by atoms with Crippen LogP contribution >= 0.6 is 0 Å². The third-order valence-corrected chi connectivity index (χ3v) is 3.77. The van der Waals surface area contributed by atoms with Crippen LogP contribution in [0.3, 0.4) is 0 Å². The first-order valence-electron chi connectivity index (χ1n) is 7.74. The van der Waals surface area contributed by atoms with E-state index in [-0.39, 0.29) is 0 Å². The third kappa shape index (κ3) is 6.04. The van der Waals surface area contributed by atoms with E-state index in [0.717, 1.165) is 32.8 Å². The Labute approximate surface area is 124 Å². The maximum atomic E-state index is 5.75. The summed E-state index contributed by atoms with van der Waals surface area (Å²) in [6.07, 6.45) is 0. The van der Waals surface area contributed by atoms with Crippen molar-refractivity contribution in [2.45, 2.75) is 33.3 Å². The van der Waals surface area contributed by atoms with Crippen molar-refractivity contribution in [2.24, 2.45) is 0 Å². The minimum absolute atomic E-state index is 0.553. The lowest BCUT2D eigenvalue weighted by molar-refractivity contribution is 0.0956. The number of ether oxygens (including phenoxy) is 1. The van der Waals surface area contributed by atoms with Crippen molar-refractivity contribution in [3.8, 4) is 0 Å². The fourth-order valence-electron chi connectivity index (χ4n) is 2.29. The van der Waals surface area contributed by atoms with Crippen molar-refractivity contribution in [2.75, 3.05) is 39.8 Å². The largest absolute Gasteiger partial charge is 0.375 e. The fraction of sp³-hybridized carbons (Fsp3) is 0.647. The van der Waals surface area contributed by atoms with Gasteiger partial charge in [0.25, 0.3) is 0 Å². The van der Waals surface area contributed by atoms with E-state index in [1.54, 1.807) is 0 Å². The minimum Gasteiger partial charge on any atom is -0.375 e. The number of benzene rings is 1. The van der Waals surface area contributed by atoms with E-state index in [4.69, 9.17) is 4.74 Å². The summed E-state index contributed by atoms with van der Waals surface area (Å²) in [5.41, 5.74) is 2.64. The molecule has 0 saturated carbocycles. The smallest absolute Gasteiger partial charge is 0.0717 e. The molecule has 3 heteroatoms. The molecule has 0 bridgehead atoms. The van der Waals surface area contributed by atoms with E-state index in [0.29, 0.717) is 12.5 Å². The second-order valence-electron chi connectivity index (χ2n) is 5.28. The molecular formula is C17H30N2O. The molecule has 1 atom stereocenters. The highest BCUT2D eigenvalue weighted by atomic mass is 16.5. The molecule has 1 N–H and O–H groups in total. The molecule has 0 heterocycles. The average Bonchev–Trinajstić information content (AvgIpc) is 2.48. The third-order valence-electron chi connectivity index (χ3n) is 3.77. The lowest BCUT2D eigenvalue weighted by Gasteiger charge is -2.17. The van der Waals surface area contributed by atoms with Gasteiger partial charge in [0.1, 0.15) is 0 Å². The molecule has 1 unspecified atom stereocenters. The lowest BCUT2D eigenvalue weighted by atomic mass is 10.00. The van der Waals surface area contributed by atoms with Gasteiger partial charge in [-0.3, -0.25) is 0 Å². The van der Waals surface area contributed by atoms with Crippen LogP contribution in [0.2, 0.25) is 0 Å². The average molecular weight is 278 g/mol. The molecule has 0 amide bonds. The first-order valence-corrected chi connectivity index (χ1v) is 7.74. The Balaban J connectivity index is 2.31. The van der Waals surface area contributed by atoms with Gasteiger partial charge in [0, 0.05) is 13.1 Å². The summed E-state index contributed by atoms with van der Waals surface area (Å²) in [4.78, 5) is 2.38. The van der Waals surface area contributed by atoms with E-state index < -0.39 is 0 Å². The van der Waals surface area contributed by atoms with Gasteiger partial charge in [0.05, 0.1) is 13.2 Å². The summed E-state index contributed by atoms with van der Waals surface area (Å²) in [6.45, 7) is 12.4. The van der Waals surface area contributed by atoms with Crippen molar-refractivity contribution < 1.29 is 4.74 Å².